The lowest BCUT2D eigenvalue weighted by Gasteiger charge is -2.16. The number of hydrogen-bond acceptors (Lipinski definition) is 2. The van der Waals surface area contributed by atoms with Crippen molar-refractivity contribution in [2.45, 2.75) is 19.8 Å². The maximum absolute atomic E-state index is 9.43. The van der Waals surface area contributed by atoms with E-state index in [0.29, 0.717) is 5.76 Å². The summed E-state index contributed by atoms with van der Waals surface area (Å²) >= 11 is 0. The van der Waals surface area contributed by atoms with Gasteiger partial charge in [0.1, 0.15) is 0 Å². The smallest absolute Gasteiger partial charge is 0.0931 e. The fourth-order valence-electron chi connectivity index (χ4n) is 1.73. The zero-order chi connectivity index (χ0) is 9.97. The third-order valence-electron chi connectivity index (χ3n) is 2.46. The molecule has 0 aromatic heterocycles. The molecule has 0 saturated heterocycles. The largest absolute Gasteiger partial charge is 0.512 e. The quantitative estimate of drug-likeness (QED) is 0.664. The Morgan fingerprint density at radius 2 is 2.14 bits per heavy atom. The summed E-state index contributed by atoms with van der Waals surface area (Å²) in [6.45, 7) is 3.03. The summed E-state index contributed by atoms with van der Waals surface area (Å²) in [5.41, 5.74) is 3.61. The van der Waals surface area contributed by atoms with E-state index in [0.717, 1.165) is 25.0 Å². The molecule has 1 heterocycles. The Morgan fingerprint density at radius 1 is 1.29 bits per heavy atom. The summed E-state index contributed by atoms with van der Waals surface area (Å²) in [4.78, 5) is 0. The summed E-state index contributed by atoms with van der Waals surface area (Å²) in [5.74, 6) is 0.486. The lowest BCUT2D eigenvalue weighted by Crippen LogP contribution is -2.14. The number of nitrogens with one attached hydrogen (secondary N) is 1. The van der Waals surface area contributed by atoms with Gasteiger partial charge in [0.2, 0.25) is 0 Å². The van der Waals surface area contributed by atoms with Gasteiger partial charge in [-0.3, -0.25) is 0 Å². The molecule has 14 heavy (non-hydrogen) atoms. The van der Waals surface area contributed by atoms with Gasteiger partial charge in [-0.2, -0.15) is 0 Å². The van der Waals surface area contributed by atoms with Crippen LogP contribution in [-0.4, -0.2) is 11.7 Å². The first kappa shape index (κ1) is 9.13. The van der Waals surface area contributed by atoms with Crippen LogP contribution in [0.25, 0.3) is 0 Å². The zero-order valence-electron chi connectivity index (χ0n) is 8.38. The maximum atomic E-state index is 9.43. The van der Waals surface area contributed by atoms with Crippen LogP contribution in [-0.2, 0) is 0 Å². The summed E-state index contributed by atoms with van der Waals surface area (Å²) < 4.78 is 0. The van der Waals surface area contributed by atoms with E-state index in [2.05, 4.69) is 24.4 Å². The van der Waals surface area contributed by atoms with Gasteiger partial charge in [-0.05, 0) is 30.6 Å². The molecule has 2 nitrogen and oxygen atoms in total. The first-order chi connectivity index (χ1) is 6.75. The molecular formula is C12H15NO. The Kier molecular flexibility index (Phi) is 2.44. The first-order valence-corrected chi connectivity index (χ1v) is 4.96. The Labute approximate surface area is 84.3 Å². The molecule has 0 aromatic carbocycles. The predicted octanol–water partition coefficient (Wildman–Crippen LogP) is 2.58. The molecule has 0 unspecified atom stereocenters. The van der Waals surface area contributed by atoms with E-state index < -0.39 is 0 Å². The summed E-state index contributed by atoms with van der Waals surface area (Å²) in [6, 6.07) is 0. The van der Waals surface area contributed by atoms with Gasteiger partial charge in [-0.15, -0.1) is 0 Å². The molecule has 1 aliphatic carbocycles. The number of allylic oxidation sites excluding steroid dienone is 6. The van der Waals surface area contributed by atoms with Gasteiger partial charge in [0.15, 0.2) is 0 Å². The van der Waals surface area contributed by atoms with Crippen molar-refractivity contribution < 1.29 is 5.11 Å². The molecule has 1 aliphatic heterocycles. The van der Waals surface area contributed by atoms with Gasteiger partial charge in [-0.25, -0.2) is 0 Å². The minimum absolute atomic E-state index is 0.486. The van der Waals surface area contributed by atoms with E-state index in [-0.39, 0.29) is 0 Å². The molecule has 2 rings (SSSR count). The van der Waals surface area contributed by atoms with Crippen LogP contribution in [0.4, 0.5) is 0 Å². The monoisotopic (exact) mass is 189 g/mol. The lowest BCUT2D eigenvalue weighted by molar-refractivity contribution is 0.386. The summed E-state index contributed by atoms with van der Waals surface area (Å²) in [5, 5.41) is 12.6. The van der Waals surface area contributed by atoms with Gasteiger partial charge in [-0.1, -0.05) is 17.7 Å². The number of aliphatic hydroxyl groups is 1. The van der Waals surface area contributed by atoms with Crippen molar-refractivity contribution in [2.75, 3.05) is 6.54 Å². The second kappa shape index (κ2) is 3.74. The highest BCUT2D eigenvalue weighted by molar-refractivity contribution is 5.50. The highest BCUT2D eigenvalue weighted by Crippen LogP contribution is 2.23. The Hall–Kier alpha value is -1.44. The normalized spacial score (nSPS) is 21.5. The average molecular weight is 189 g/mol. The number of aliphatic hydroxyl groups excluding tert-OH is 1. The number of hydrogen-bond donors (Lipinski definition) is 2. The van der Waals surface area contributed by atoms with Crippen molar-refractivity contribution in [3.05, 3.63) is 46.9 Å². The molecule has 0 atom stereocenters. The van der Waals surface area contributed by atoms with Crippen LogP contribution in [0.1, 0.15) is 19.8 Å². The molecule has 0 radical (unpaired) electrons. The van der Waals surface area contributed by atoms with Crippen molar-refractivity contribution in [1.82, 2.24) is 5.32 Å². The number of rotatable bonds is 1. The standard InChI is InChI=1S/C12H15NO/c1-9-5-11(8-13-7-9)10-3-2-4-12(14)6-10/h3,5-6,8,13-14H,2,4,7H2,1H3. The molecule has 0 aromatic rings. The van der Waals surface area contributed by atoms with E-state index in [1.54, 1.807) is 0 Å². The molecule has 2 heteroatoms. The molecule has 2 aliphatic rings. The van der Waals surface area contributed by atoms with Gasteiger partial charge in [0.05, 0.1) is 5.76 Å². The molecule has 0 saturated carbocycles. The van der Waals surface area contributed by atoms with E-state index in [1.165, 1.54) is 11.1 Å². The molecule has 0 amide bonds. The van der Waals surface area contributed by atoms with Crippen LogP contribution >= 0.6 is 0 Å². The van der Waals surface area contributed by atoms with Gasteiger partial charge in [0.25, 0.3) is 0 Å². The second-order valence-corrected chi connectivity index (χ2v) is 3.81. The number of dihydropyridines is 1. The minimum atomic E-state index is 0.486. The minimum Gasteiger partial charge on any atom is -0.512 e. The third kappa shape index (κ3) is 1.90. The van der Waals surface area contributed by atoms with Gasteiger partial charge < -0.3 is 10.4 Å². The van der Waals surface area contributed by atoms with Gasteiger partial charge in [0, 0.05) is 19.2 Å². The SMILES string of the molecule is CC1=CC(C2=CCCC(O)=C2)=CNC1. The predicted molar refractivity (Wildman–Crippen MR) is 57.9 cm³/mol. The van der Waals surface area contributed by atoms with Gasteiger partial charge >= 0.3 is 0 Å². The van der Waals surface area contributed by atoms with Crippen molar-refractivity contribution in [3.8, 4) is 0 Å². The maximum Gasteiger partial charge on any atom is 0.0931 e. The lowest BCUT2D eigenvalue weighted by atomic mass is 9.96. The molecule has 0 fully saturated rings. The second-order valence-electron chi connectivity index (χ2n) is 3.81. The summed E-state index contributed by atoms with van der Waals surface area (Å²) in [7, 11) is 0. The van der Waals surface area contributed by atoms with Crippen molar-refractivity contribution >= 4 is 0 Å². The molecular weight excluding hydrogens is 174 g/mol. The Bertz CT molecular complexity index is 323. The van der Waals surface area contributed by atoms with E-state index in [1.807, 2.05) is 12.3 Å². The highest BCUT2D eigenvalue weighted by Gasteiger charge is 2.09. The zero-order valence-corrected chi connectivity index (χ0v) is 8.38. The van der Waals surface area contributed by atoms with Crippen LogP contribution in [0.2, 0.25) is 0 Å². The molecule has 2 N–H and O–H groups in total. The molecule has 0 bridgehead atoms. The van der Waals surface area contributed by atoms with Crippen molar-refractivity contribution in [3.63, 3.8) is 0 Å². The van der Waals surface area contributed by atoms with E-state index >= 15 is 0 Å². The van der Waals surface area contributed by atoms with Crippen LogP contribution in [0.15, 0.2) is 46.9 Å². The van der Waals surface area contributed by atoms with Crippen molar-refractivity contribution in [2.24, 2.45) is 0 Å². The van der Waals surface area contributed by atoms with Crippen molar-refractivity contribution in [1.29, 1.82) is 0 Å². The third-order valence-corrected chi connectivity index (χ3v) is 2.46. The summed E-state index contributed by atoms with van der Waals surface area (Å²) in [6.07, 6.45) is 9.90. The van der Waals surface area contributed by atoms with Crippen LogP contribution in [0, 0.1) is 0 Å². The fraction of sp³-hybridized carbons (Fsp3) is 0.333. The average Bonchev–Trinajstić information content (AvgIpc) is 2.18. The van der Waals surface area contributed by atoms with Crippen LogP contribution < -0.4 is 5.32 Å². The fourth-order valence-corrected chi connectivity index (χ4v) is 1.73. The van der Waals surface area contributed by atoms with E-state index in [4.69, 9.17) is 0 Å². The first-order valence-electron chi connectivity index (χ1n) is 4.96. The topological polar surface area (TPSA) is 32.3 Å². The highest BCUT2D eigenvalue weighted by atomic mass is 16.3. The Morgan fingerprint density at radius 3 is 2.86 bits per heavy atom. The van der Waals surface area contributed by atoms with E-state index in [9.17, 15) is 5.11 Å². The van der Waals surface area contributed by atoms with Crippen LogP contribution in [0.3, 0.4) is 0 Å². The van der Waals surface area contributed by atoms with Crippen LogP contribution in [0.5, 0.6) is 0 Å². The molecule has 0 spiro atoms. The molecule has 74 valence electrons. The Balaban J connectivity index is 2.24.